The highest BCUT2D eigenvalue weighted by Crippen LogP contribution is 2.38. The Hall–Kier alpha value is -3.56. The van der Waals surface area contributed by atoms with E-state index in [1.54, 1.807) is 11.3 Å². The van der Waals surface area contributed by atoms with Crippen LogP contribution >= 0.6 is 11.3 Å². The highest BCUT2D eigenvalue weighted by Gasteiger charge is 2.22. The van der Waals surface area contributed by atoms with E-state index in [2.05, 4.69) is 42.0 Å². The van der Waals surface area contributed by atoms with Gasteiger partial charge in [0.2, 0.25) is 0 Å². The molecule has 1 amide bonds. The molecule has 0 radical (unpaired) electrons. The summed E-state index contributed by atoms with van der Waals surface area (Å²) >= 11 is 1.67. The van der Waals surface area contributed by atoms with Crippen molar-refractivity contribution in [2.75, 3.05) is 31.2 Å². The molecule has 1 saturated heterocycles. The van der Waals surface area contributed by atoms with Gasteiger partial charge in [0.05, 0.1) is 28.4 Å². The monoisotopic (exact) mass is 559 g/mol. The molecule has 40 heavy (non-hydrogen) atoms. The maximum absolute atomic E-state index is 13.6. The summed E-state index contributed by atoms with van der Waals surface area (Å²) in [6, 6.07) is 8.06. The molecule has 210 valence electrons. The fraction of sp³-hybridized carbons (Fsp3) is 0.419. The molecule has 1 fully saturated rings. The van der Waals surface area contributed by atoms with Crippen LogP contribution in [0.5, 0.6) is 0 Å². The van der Waals surface area contributed by atoms with E-state index in [4.69, 9.17) is 14.7 Å². The number of carbonyl (C=O) groups excluding carboxylic acids is 1. The standard InChI is InChI=1S/C31H37N5O3S/c1-6-7-21-14-19(4)34-30(38)25(21)17-33-29(37)23-15-24(28-27(20(23)5)35-31(40-28)18(2)3)22-8-9-26(32-16-22)36-10-12-39-13-11-36/h8-9,14-16,18H,6-7,10-13,17H2,1-5H3,(H,33,37)(H,34,38). The number of ether oxygens (including phenoxy) is 1. The number of fused-ring (bicyclic) bond motifs is 1. The Kier molecular flexibility index (Phi) is 8.32. The molecule has 1 aliphatic heterocycles. The van der Waals surface area contributed by atoms with Gasteiger partial charge in [-0.25, -0.2) is 9.97 Å². The molecule has 0 aliphatic carbocycles. The van der Waals surface area contributed by atoms with Gasteiger partial charge in [-0.05, 0) is 55.7 Å². The SMILES string of the molecule is CCCc1cc(C)[nH]c(=O)c1CNC(=O)c1cc(-c2ccc(N3CCOCC3)nc2)c2sc(C(C)C)nc2c1C. The Morgan fingerprint density at radius 2 is 1.98 bits per heavy atom. The minimum Gasteiger partial charge on any atom is -0.378 e. The lowest BCUT2D eigenvalue weighted by Gasteiger charge is -2.27. The third-order valence-corrected chi connectivity index (χ3v) is 8.77. The van der Waals surface area contributed by atoms with E-state index >= 15 is 0 Å². The molecule has 0 bridgehead atoms. The van der Waals surface area contributed by atoms with E-state index in [1.807, 2.05) is 38.2 Å². The highest BCUT2D eigenvalue weighted by molar-refractivity contribution is 7.19. The first-order chi connectivity index (χ1) is 19.3. The predicted octanol–water partition coefficient (Wildman–Crippen LogP) is 5.51. The number of benzene rings is 1. The van der Waals surface area contributed by atoms with Gasteiger partial charge in [-0.2, -0.15) is 0 Å². The number of hydrogen-bond acceptors (Lipinski definition) is 7. The van der Waals surface area contributed by atoms with Gasteiger partial charge in [0, 0.05) is 59.7 Å². The lowest BCUT2D eigenvalue weighted by atomic mass is 9.98. The first-order valence-corrected chi connectivity index (χ1v) is 14.8. The van der Waals surface area contributed by atoms with Crippen LogP contribution < -0.4 is 15.8 Å². The largest absolute Gasteiger partial charge is 0.378 e. The van der Waals surface area contributed by atoms with Gasteiger partial charge in [-0.1, -0.05) is 27.2 Å². The van der Waals surface area contributed by atoms with Crippen molar-refractivity contribution in [1.82, 2.24) is 20.3 Å². The average molecular weight is 560 g/mol. The van der Waals surface area contributed by atoms with Gasteiger partial charge < -0.3 is 19.9 Å². The second-order valence-corrected chi connectivity index (χ2v) is 11.7. The van der Waals surface area contributed by atoms with Crippen LogP contribution in [-0.4, -0.2) is 47.2 Å². The number of carbonyl (C=O) groups is 1. The average Bonchev–Trinajstić information content (AvgIpc) is 3.40. The summed E-state index contributed by atoms with van der Waals surface area (Å²) in [5.74, 6) is 0.973. The molecule has 4 aromatic rings. The Balaban J connectivity index is 1.51. The van der Waals surface area contributed by atoms with Crippen LogP contribution in [0.15, 0.2) is 35.3 Å². The minimum atomic E-state index is -0.222. The van der Waals surface area contributed by atoms with Gasteiger partial charge in [0.15, 0.2) is 0 Å². The summed E-state index contributed by atoms with van der Waals surface area (Å²) in [5, 5.41) is 4.06. The first kappa shape index (κ1) is 28.0. The quantitative estimate of drug-likeness (QED) is 0.296. The number of aromatic amines is 1. The molecular weight excluding hydrogens is 522 g/mol. The van der Waals surface area contributed by atoms with Crippen molar-refractivity contribution in [2.45, 2.75) is 59.9 Å². The lowest BCUT2D eigenvalue weighted by Crippen LogP contribution is -2.36. The minimum absolute atomic E-state index is 0.149. The number of H-pyrrole nitrogens is 1. The third kappa shape index (κ3) is 5.67. The van der Waals surface area contributed by atoms with Crippen molar-refractivity contribution >= 4 is 33.3 Å². The number of amides is 1. The first-order valence-electron chi connectivity index (χ1n) is 14.0. The number of aromatic nitrogens is 3. The molecule has 0 unspecified atom stereocenters. The van der Waals surface area contributed by atoms with Crippen LogP contribution in [0, 0.1) is 13.8 Å². The second-order valence-electron chi connectivity index (χ2n) is 10.7. The van der Waals surface area contributed by atoms with Gasteiger partial charge in [-0.3, -0.25) is 9.59 Å². The zero-order valence-electron chi connectivity index (χ0n) is 23.9. The molecule has 5 rings (SSSR count). The molecule has 0 spiro atoms. The van der Waals surface area contributed by atoms with Crippen molar-refractivity contribution in [2.24, 2.45) is 0 Å². The second kappa shape index (κ2) is 11.9. The fourth-order valence-electron chi connectivity index (χ4n) is 5.18. The Labute approximate surface area is 238 Å². The van der Waals surface area contributed by atoms with E-state index in [1.165, 1.54) is 0 Å². The van der Waals surface area contributed by atoms with Gasteiger partial charge in [0.1, 0.15) is 5.82 Å². The smallest absolute Gasteiger partial charge is 0.253 e. The number of nitrogens with zero attached hydrogens (tertiary/aromatic N) is 3. The zero-order valence-corrected chi connectivity index (χ0v) is 24.7. The van der Waals surface area contributed by atoms with Crippen LogP contribution in [0.1, 0.15) is 70.9 Å². The van der Waals surface area contributed by atoms with Crippen molar-refractivity contribution in [1.29, 1.82) is 0 Å². The summed E-state index contributed by atoms with van der Waals surface area (Å²) in [5.41, 5.74) is 6.38. The molecule has 8 nitrogen and oxygen atoms in total. The lowest BCUT2D eigenvalue weighted by molar-refractivity contribution is 0.0950. The summed E-state index contributed by atoms with van der Waals surface area (Å²) in [6.45, 7) is 13.4. The van der Waals surface area contributed by atoms with E-state index in [9.17, 15) is 9.59 Å². The summed E-state index contributed by atoms with van der Waals surface area (Å²) in [7, 11) is 0. The zero-order chi connectivity index (χ0) is 28.4. The Morgan fingerprint density at radius 3 is 2.65 bits per heavy atom. The number of morpholine rings is 1. The molecule has 1 aliphatic rings. The summed E-state index contributed by atoms with van der Waals surface area (Å²) in [6.07, 6.45) is 3.59. The van der Waals surface area contributed by atoms with Gasteiger partial charge in [0.25, 0.3) is 11.5 Å². The topological polar surface area (TPSA) is 100 Å². The normalized spacial score (nSPS) is 13.8. The summed E-state index contributed by atoms with van der Waals surface area (Å²) < 4.78 is 6.53. The van der Waals surface area contributed by atoms with E-state index in [-0.39, 0.29) is 23.9 Å². The highest BCUT2D eigenvalue weighted by atomic mass is 32.1. The molecule has 2 N–H and O–H groups in total. The molecule has 3 aromatic heterocycles. The molecule has 0 saturated carbocycles. The maximum atomic E-state index is 13.6. The Bertz CT molecular complexity index is 1580. The van der Waals surface area contributed by atoms with Crippen LogP contribution in [-0.2, 0) is 17.7 Å². The van der Waals surface area contributed by atoms with Crippen LogP contribution in [0.3, 0.4) is 0 Å². The third-order valence-electron chi connectivity index (χ3n) is 7.38. The van der Waals surface area contributed by atoms with E-state index < -0.39 is 0 Å². The predicted molar refractivity (Wildman–Crippen MR) is 162 cm³/mol. The van der Waals surface area contributed by atoms with Crippen molar-refractivity contribution in [3.63, 3.8) is 0 Å². The van der Waals surface area contributed by atoms with Crippen LogP contribution in [0.2, 0.25) is 0 Å². The molecule has 1 aromatic carbocycles. The van der Waals surface area contributed by atoms with Crippen molar-refractivity contribution < 1.29 is 9.53 Å². The molecule has 4 heterocycles. The molecule has 0 atom stereocenters. The molecular formula is C31H37N5O3S. The van der Waals surface area contributed by atoms with Crippen LogP contribution in [0.4, 0.5) is 5.82 Å². The number of anilines is 1. The number of rotatable bonds is 8. The number of thiazole rings is 1. The van der Waals surface area contributed by atoms with Gasteiger partial charge >= 0.3 is 0 Å². The van der Waals surface area contributed by atoms with Crippen molar-refractivity contribution in [3.05, 3.63) is 73.8 Å². The van der Waals surface area contributed by atoms with Crippen LogP contribution in [0.25, 0.3) is 21.3 Å². The van der Waals surface area contributed by atoms with Crippen molar-refractivity contribution in [3.8, 4) is 11.1 Å². The number of nitrogens with one attached hydrogen (secondary N) is 2. The number of pyridine rings is 2. The maximum Gasteiger partial charge on any atom is 0.253 e. The van der Waals surface area contributed by atoms with Gasteiger partial charge in [-0.15, -0.1) is 11.3 Å². The van der Waals surface area contributed by atoms with E-state index in [0.29, 0.717) is 24.3 Å². The molecule has 9 heteroatoms. The summed E-state index contributed by atoms with van der Waals surface area (Å²) in [4.78, 5) is 41.2. The number of hydrogen-bond donors (Lipinski definition) is 2. The number of aryl methyl sites for hydroxylation is 3. The fourth-order valence-corrected chi connectivity index (χ4v) is 6.34. The Morgan fingerprint density at radius 1 is 1.20 bits per heavy atom. The van der Waals surface area contributed by atoms with E-state index in [0.717, 1.165) is 74.9 Å².